The van der Waals surface area contributed by atoms with Crippen LogP contribution in [0.5, 0.6) is 17.2 Å². The Bertz CT molecular complexity index is 876. The van der Waals surface area contributed by atoms with Crippen molar-refractivity contribution >= 4 is 11.9 Å². The van der Waals surface area contributed by atoms with Crippen LogP contribution in [0, 0.1) is 6.92 Å². The second-order valence-electron chi connectivity index (χ2n) is 7.28. The number of hydrogen-bond donors (Lipinski definition) is 2. The molecule has 2 rings (SSSR count). The van der Waals surface area contributed by atoms with Gasteiger partial charge in [0.15, 0.2) is 11.5 Å². The maximum atomic E-state index is 11.8. The molecule has 0 radical (unpaired) electrons. The number of phenolic OH excluding ortho intramolecular Hbond substituents is 2. The number of esters is 2. The van der Waals surface area contributed by atoms with Gasteiger partial charge >= 0.3 is 11.9 Å². The molecule has 0 saturated heterocycles. The van der Waals surface area contributed by atoms with Crippen molar-refractivity contribution in [1.82, 2.24) is 0 Å². The van der Waals surface area contributed by atoms with Gasteiger partial charge < -0.3 is 24.4 Å². The van der Waals surface area contributed by atoms with E-state index >= 15 is 0 Å². The van der Waals surface area contributed by atoms with Gasteiger partial charge in [-0.25, -0.2) is 0 Å². The number of ether oxygens (including phenoxy) is 3. The largest absolute Gasteiger partial charge is 0.508 e. The molecule has 2 aromatic rings. The summed E-state index contributed by atoms with van der Waals surface area (Å²) < 4.78 is 15.4. The number of carbonyl (C=O) groups is 2. The van der Waals surface area contributed by atoms with E-state index in [4.69, 9.17) is 14.2 Å². The fourth-order valence-corrected chi connectivity index (χ4v) is 2.96. The Labute approximate surface area is 182 Å². The molecule has 168 valence electrons. The van der Waals surface area contributed by atoms with Gasteiger partial charge in [-0.1, -0.05) is 18.2 Å². The van der Waals surface area contributed by atoms with Crippen LogP contribution in [0.15, 0.2) is 36.4 Å². The van der Waals surface area contributed by atoms with Gasteiger partial charge in [-0.05, 0) is 67.5 Å². The van der Waals surface area contributed by atoms with Crippen LogP contribution in [0.3, 0.4) is 0 Å². The Hall–Kier alpha value is -3.22. The van der Waals surface area contributed by atoms with Gasteiger partial charge in [-0.3, -0.25) is 9.59 Å². The molecule has 0 spiro atoms. The summed E-state index contributed by atoms with van der Waals surface area (Å²) in [6, 6.07) is 10.2. The van der Waals surface area contributed by atoms with Crippen LogP contribution in [0.4, 0.5) is 0 Å². The summed E-state index contributed by atoms with van der Waals surface area (Å²) in [6.07, 6.45) is 2.80. The maximum absolute atomic E-state index is 11.8. The lowest BCUT2D eigenvalue weighted by Crippen LogP contribution is -2.10. The van der Waals surface area contributed by atoms with Crippen LogP contribution in [0.2, 0.25) is 0 Å². The molecule has 0 fully saturated rings. The highest BCUT2D eigenvalue weighted by molar-refractivity contribution is 5.70. The molecule has 0 saturated carbocycles. The molecule has 0 aliphatic carbocycles. The summed E-state index contributed by atoms with van der Waals surface area (Å²) in [5.41, 5.74) is 2.63. The zero-order chi connectivity index (χ0) is 22.6. The van der Waals surface area contributed by atoms with E-state index in [0.29, 0.717) is 31.4 Å². The molecule has 0 amide bonds. The third-order valence-electron chi connectivity index (χ3n) is 4.81. The van der Waals surface area contributed by atoms with Gasteiger partial charge in [-0.15, -0.1) is 0 Å². The van der Waals surface area contributed by atoms with E-state index in [9.17, 15) is 19.8 Å². The van der Waals surface area contributed by atoms with Crippen LogP contribution < -0.4 is 4.74 Å². The zero-order valence-corrected chi connectivity index (χ0v) is 18.1. The molecule has 0 heterocycles. The second kappa shape index (κ2) is 12.5. The third kappa shape index (κ3) is 8.58. The number of benzene rings is 2. The van der Waals surface area contributed by atoms with Gasteiger partial charge in [0, 0.05) is 12.8 Å². The quantitative estimate of drug-likeness (QED) is 0.389. The van der Waals surface area contributed by atoms with Crippen molar-refractivity contribution in [1.29, 1.82) is 0 Å². The SMILES string of the molecule is COc1cc(CCC(=O)OCCCCOC(=O)CCc2ccc(O)c(C)c2)ccc1O. The summed E-state index contributed by atoms with van der Waals surface area (Å²) in [5, 5.41) is 19.1. The average Bonchev–Trinajstić information content (AvgIpc) is 2.76. The number of aromatic hydroxyl groups is 2. The fraction of sp³-hybridized carbons (Fsp3) is 0.417. The lowest BCUT2D eigenvalue weighted by molar-refractivity contribution is -0.146. The number of hydrogen-bond acceptors (Lipinski definition) is 7. The second-order valence-corrected chi connectivity index (χ2v) is 7.28. The van der Waals surface area contributed by atoms with E-state index in [-0.39, 0.29) is 49.5 Å². The molecule has 0 aliphatic heterocycles. The molecule has 7 heteroatoms. The molecular weight excluding hydrogens is 400 g/mol. The Morgan fingerprint density at radius 1 is 0.806 bits per heavy atom. The first-order valence-electron chi connectivity index (χ1n) is 10.3. The monoisotopic (exact) mass is 430 g/mol. The summed E-state index contributed by atoms with van der Waals surface area (Å²) in [6.45, 7) is 2.38. The van der Waals surface area contributed by atoms with Crippen LogP contribution in [0.1, 0.15) is 42.4 Å². The standard InChI is InChI=1S/C24H30O7/c1-17-15-18(5-9-20(17)25)7-11-23(27)30-13-3-4-14-31-24(28)12-8-19-6-10-21(26)22(16-19)29-2/h5-6,9-10,15-16,25-26H,3-4,7-8,11-14H2,1-2H3. The summed E-state index contributed by atoms with van der Waals surface area (Å²) in [5.74, 6) is 0.108. The van der Waals surface area contributed by atoms with E-state index in [2.05, 4.69) is 0 Å². The van der Waals surface area contributed by atoms with Crippen molar-refractivity contribution in [3.63, 3.8) is 0 Å². The predicted octanol–water partition coefficient (Wildman–Crippen LogP) is 3.85. The molecule has 0 aromatic heterocycles. The predicted molar refractivity (Wildman–Crippen MR) is 115 cm³/mol. The molecular formula is C24H30O7. The minimum absolute atomic E-state index is 0.0602. The number of carbonyl (C=O) groups excluding carboxylic acids is 2. The average molecular weight is 430 g/mol. The molecule has 2 N–H and O–H groups in total. The van der Waals surface area contributed by atoms with Crippen LogP contribution in [-0.2, 0) is 31.9 Å². The van der Waals surface area contributed by atoms with Crippen molar-refractivity contribution < 1.29 is 34.0 Å². The molecule has 0 unspecified atom stereocenters. The number of phenols is 2. The first-order valence-corrected chi connectivity index (χ1v) is 10.3. The number of rotatable bonds is 12. The topological polar surface area (TPSA) is 102 Å². The Morgan fingerprint density at radius 3 is 1.84 bits per heavy atom. The maximum Gasteiger partial charge on any atom is 0.306 e. The van der Waals surface area contributed by atoms with Crippen molar-refractivity contribution in [3.05, 3.63) is 53.1 Å². The first-order chi connectivity index (χ1) is 14.9. The van der Waals surface area contributed by atoms with E-state index in [0.717, 1.165) is 16.7 Å². The van der Waals surface area contributed by atoms with Crippen molar-refractivity contribution in [2.75, 3.05) is 20.3 Å². The normalized spacial score (nSPS) is 10.5. The van der Waals surface area contributed by atoms with Gasteiger partial charge in [0.1, 0.15) is 5.75 Å². The van der Waals surface area contributed by atoms with E-state index in [1.165, 1.54) is 13.2 Å². The highest BCUT2D eigenvalue weighted by Crippen LogP contribution is 2.26. The third-order valence-corrected chi connectivity index (χ3v) is 4.81. The molecule has 0 bridgehead atoms. The van der Waals surface area contributed by atoms with E-state index in [1.54, 1.807) is 24.3 Å². The molecule has 7 nitrogen and oxygen atoms in total. The van der Waals surface area contributed by atoms with Crippen molar-refractivity contribution in [2.45, 2.75) is 45.4 Å². The van der Waals surface area contributed by atoms with Crippen molar-refractivity contribution in [2.24, 2.45) is 0 Å². The smallest absolute Gasteiger partial charge is 0.306 e. The lowest BCUT2D eigenvalue weighted by atomic mass is 10.1. The van der Waals surface area contributed by atoms with Crippen LogP contribution in [0.25, 0.3) is 0 Å². The molecule has 31 heavy (non-hydrogen) atoms. The Morgan fingerprint density at radius 2 is 1.32 bits per heavy atom. The van der Waals surface area contributed by atoms with Gasteiger partial charge in [-0.2, -0.15) is 0 Å². The van der Waals surface area contributed by atoms with Gasteiger partial charge in [0.05, 0.1) is 20.3 Å². The summed E-state index contributed by atoms with van der Waals surface area (Å²) in [7, 11) is 1.47. The highest BCUT2D eigenvalue weighted by Gasteiger charge is 2.08. The summed E-state index contributed by atoms with van der Waals surface area (Å²) >= 11 is 0. The van der Waals surface area contributed by atoms with Gasteiger partial charge in [0.2, 0.25) is 0 Å². The first kappa shape index (κ1) is 24.1. The fourth-order valence-electron chi connectivity index (χ4n) is 2.96. The molecule has 2 aromatic carbocycles. The van der Waals surface area contributed by atoms with E-state index in [1.807, 2.05) is 13.0 Å². The van der Waals surface area contributed by atoms with Crippen LogP contribution in [-0.4, -0.2) is 42.5 Å². The minimum atomic E-state index is -0.298. The zero-order valence-electron chi connectivity index (χ0n) is 18.1. The minimum Gasteiger partial charge on any atom is -0.508 e. The lowest BCUT2D eigenvalue weighted by Gasteiger charge is -2.08. The Kier molecular flexibility index (Phi) is 9.68. The summed E-state index contributed by atoms with van der Waals surface area (Å²) in [4.78, 5) is 23.7. The molecule has 0 aliphatic rings. The van der Waals surface area contributed by atoms with E-state index < -0.39 is 0 Å². The molecule has 0 atom stereocenters. The van der Waals surface area contributed by atoms with Crippen molar-refractivity contribution in [3.8, 4) is 17.2 Å². The van der Waals surface area contributed by atoms with Gasteiger partial charge in [0.25, 0.3) is 0 Å². The Balaban J connectivity index is 1.52. The van der Waals surface area contributed by atoms with Crippen LogP contribution >= 0.6 is 0 Å². The number of methoxy groups -OCH3 is 1. The number of unbranched alkanes of at least 4 members (excludes halogenated alkanes) is 1. The highest BCUT2D eigenvalue weighted by atomic mass is 16.5. The number of aryl methyl sites for hydroxylation is 3.